The molecule has 4 rings (SSSR count). The van der Waals surface area contributed by atoms with Crippen LogP contribution in [0.15, 0.2) is 24.4 Å². The first kappa shape index (κ1) is 19.7. The number of aryl methyl sites for hydroxylation is 1. The van der Waals surface area contributed by atoms with E-state index in [0.29, 0.717) is 24.9 Å². The maximum atomic E-state index is 12.4. The number of hydrogen-bond donors (Lipinski definition) is 2. The van der Waals surface area contributed by atoms with Gasteiger partial charge in [0.1, 0.15) is 0 Å². The lowest BCUT2D eigenvalue weighted by molar-refractivity contribution is -0.123. The molecule has 1 amide bonds. The molecule has 9 heteroatoms. The number of H-pyrrole nitrogens is 1. The molecule has 0 radical (unpaired) electrons. The van der Waals surface area contributed by atoms with Gasteiger partial charge in [0, 0.05) is 36.2 Å². The Bertz CT molecular complexity index is 980. The summed E-state index contributed by atoms with van der Waals surface area (Å²) < 4.78 is 19.5. The van der Waals surface area contributed by atoms with Crippen molar-refractivity contribution in [3.63, 3.8) is 0 Å². The van der Waals surface area contributed by atoms with E-state index in [9.17, 15) is 4.79 Å². The second kappa shape index (κ2) is 8.79. The number of ether oxygens (including phenoxy) is 2. The van der Waals surface area contributed by atoms with Crippen LogP contribution >= 0.6 is 11.7 Å². The van der Waals surface area contributed by atoms with Crippen LogP contribution in [0.25, 0.3) is 10.9 Å². The Morgan fingerprint density at radius 1 is 1.38 bits per heavy atom. The summed E-state index contributed by atoms with van der Waals surface area (Å²) in [6.45, 7) is 6.80. The molecule has 0 unspecified atom stereocenters. The Labute approximate surface area is 173 Å². The molecule has 1 saturated heterocycles. The summed E-state index contributed by atoms with van der Waals surface area (Å²) in [4.78, 5) is 17.8. The zero-order chi connectivity index (χ0) is 20.2. The van der Waals surface area contributed by atoms with E-state index in [-0.39, 0.29) is 18.6 Å². The van der Waals surface area contributed by atoms with E-state index in [1.54, 1.807) is 0 Å². The summed E-state index contributed by atoms with van der Waals surface area (Å²) in [5.41, 5.74) is 3.55. The third-order valence-corrected chi connectivity index (χ3v) is 5.54. The number of nitrogens with one attached hydrogen (secondary N) is 2. The first-order valence-corrected chi connectivity index (χ1v) is 10.5. The fourth-order valence-electron chi connectivity index (χ4n) is 3.60. The summed E-state index contributed by atoms with van der Waals surface area (Å²) in [7, 11) is 0. The molecule has 2 N–H and O–H groups in total. The molecule has 2 aromatic heterocycles. The van der Waals surface area contributed by atoms with E-state index in [1.165, 1.54) is 16.5 Å². The second-order valence-electron chi connectivity index (χ2n) is 7.27. The van der Waals surface area contributed by atoms with Crippen LogP contribution in [0, 0.1) is 6.92 Å². The number of carbonyl (C=O) groups is 1. The number of rotatable bonds is 7. The number of anilines is 1. The molecule has 1 aromatic carbocycles. The molecule has 8 nitrogen and oxygen atoms in total. The zero-order valence-corrected chi connectivity index (χ0v) is 17.4. The normalized spacial score (nSPS) is 15.4. The van der Waals surface area contributed by atoms with Crippen molar-refractivity contribution in [2.24, 2.45) is 0 Å². The first-order chi connectivity index (χ1) is 14.1. The van der Waals surface area contributed by atoms with Gasteiger partial charge in [-0.15, -0.1) is 4.37 Å². The third kappa shape index (κ3) is 4.51. The predicted molar refractivity (Wildman–Crippen MR) is 113 cm³/mol. The van der Waals surface area contributed by atoms with Crippen LogP contribution in [0.2, 0.25) is 0 Å². The standard InChI is InChI=1S/C20H25N5O3S/c1-13-4-3-5-16-15(11-21-18(13)16)10-14(2)22-17(26)12-28-20-19(23-29-24-20)25-6-8-27-9-7-25/h3-5,11,14,21H,6-10,12H2,1-2H3,(H,22,26)/t14-/m0/s1. The van der Waals surface area contributed by atoms with E-state index in [4.69, 9.17) is 9.47 Å². The SMILES string of the molecule is Cc1cccc2c(C[C@H](C)NC(=O)COc3nsnc3N3CCOCC3)c[nH]c12. The summed E-state index contributed by atoms with van der Waals surface area (Å²) in [6, 6.07) is 6.23. The van der Waals surface area contributed by atoms with Crippen molar-refractivity contribution in [1.82, 2.24) is 19.0 Å². The van der Waals surface area contributed by atoms with Gasteiger partial charge in [-0.3, -0.25) is 4.79 Å². The summed E-state index contributed by atoms with van der Waals surface area (Å²) in [5, 5.41) is 4.20. The molecule has 0 aliphatic carbocycles. The van der Waals surface area contributed by atoms with Gasteiger partial charge in [0.25, 0.3) is 11.8 Å². The number of benzene rings is 1. The molecular weight excluding hydrogens is 390 g/mol. The van der Waals surface area contributed by atoms with Crippen molar-refractivity contribution in [2.75, 3.05) is 37.8 Å². The van der Waals surface area contributed by atoms with Crippen LogP contribution in [0.3, 0.4) is 0 Å². The highest BCUT2D eigenvalue weighted by Crippen LogP contribution is 2.26. The van der Waals surface area contributed by atoms with E-state index < -0.39 is 0 Å². The van der Waals surface area contributed by atoms with Gasteiger partial charge >= 0.3 is 0 Å². The average molecular weight is 416 g/mol. The minimum Gasteiger partial charge on any atom is -0.464 e. The van der Waals surface area contributed by atoms with Crippen molar-refractivity contribution in [3.05, 3.63) is 35.5 Å². The Hall–Kier alpha value is -2.65. The van der Waals surface area contributed by atoms with Crippen LogP contribution in [0.5, 0.6) is 5.88 Å². The van der Waals surface area contributed by atoms with Gasteiger partial charge in [-0.1, -0.05) is 18.2 Å². The third-order valence-electron chi connectivity index (χ3n) is 5.04. The van der Waals surface area contributed by atoms with Crippen molar-refractivity contribution in [3.8, 4) is 5.88 Å². The van der Waals surface area contributed by atoms with Crippen LogP contribution in [-0.4, -0.2) is 58.6 Å². The van der Waals surface area contributed by atoms with Crippen LogP contribution < -0.4 is 15.0 Å². The number of aromatic nitrogens is 3. The molecule has 0 bridgehead atoms. The second-order valence-corrected chi connectivity index (χ2v) is 7.79. The number of para-hydroxylation sites is 1. The number of morpholine rings is 1. The topological polar surface area (TPSA) is 92.4 Å². The highest BCUT2D eigenvalue weighted by atomic mass is 32.1. The molecule has 1 aliphatic rings. The van der Waals surface area contributed by atoms with Gasteiger partial charge in [0.2, 0.25) is 5.82 Å². The largest absolute Gasteiger partial charge is 0.464 e. The maximum Gasteiger partial charge on any atom is 0.271 e. The van der Waals surface area contributed by atoms with E-state index in [1.807, 2.05) is 13.1 Å². The smallest absolute Gasteiger partial charge is 0.271 e. The Morgan fingerprint density at radius 2 is 2.21 bits per heavy atom. The van der Waals surface area contributed by atoms with Gasteiger partial charge in [-0.05, 0) is 31.4 Å². The molecule has 154 valence electrons. The minimum atomic E-state index is -0.172. The Kier molecular flexibility index (Phi) is 5.96. The van der Waals surface area contributed by atoms with Crippen LogP contribution in [-0.2, 0) is 16.0 Å². The number of carbonyl (C=O) groups excluding carboxylic acids is 1. The lowest BCUT2D eigenvalue weighted by atomic mass is 10.0. The number of aromatic amines is 1. The monoisotopic (exact) mass is 415 g/mol. The Balaban J connectivity index is 1.31. The highest BCUT2D eigenvalue weighted by molar-refractivity contribution is 6.99. The highest BCUT2D eigenvalue weighted by Gasteiger charge is 2.21. The van der Waals surface area contributed by atoms with E-state index >= 15 is 0 Å². The fraction of sp³-hybridized carbons (Fsp3) is 0.450. The molecule has 3 aromatic rings. The maximum absolute atomic E-state index is 12.4. The summed E-state index contributed by atoms with van der Waals surface area (Å²) in [5.74, 6) is 0.926. The predicted octanol–water partition coefficient (Wildman–Crippen LogP) is 2.29. The number of fused-ring (bicyclic) bond motifs is 1. The first-order valence-electron chi connectivity index (χ1n) is 9.75. The van der Waals surface area contributed by atoms with Gasteiger partial charge in [-0.2, -0.15) is 4.37 Å². The summed E-state index contributed by atoms with van der Waals surface area (Å²) >= 11 is 1.09. The number of amides is 1. The number of nitrogens with zero attached hydrogens (tertiary/aromatic N) is 3. The summed E-state index contributed by atoms with van der Waals surface area (Å²) in [6.07, 6.45) is 2.76. The zero-order valence-electron chi connectivity index (χ0n) is 16.6. The van der Waals surface area contributed by atoms with E-state index in [2.05, 4.69) is 49.1 Å². The van der Waals surface area contributed by atoms with Crippen LogP contribution in [0.1, 0.15) is 18.1 Å². The van der Waals surface area contributed by atoms with Crippen molar-refractivity contribution in [1.29, 1.82) is 0 Å². The molecule has 1 fully saturated rings. The quantitative estimate of drug-likeness (QED) is 0.615. The molecule has 29 heavy (non-hydrogen) atoms. The molecular formula is C20H25N5O3S. The molecule has 0 spiro atoms. The Morgan fingerprint density at radius 3 is 3.03 bits per heavy atom. The van der Waals surface area contributed by atoms with Crippen molar-refractivity contribution >= 4 is 34.4 Å². The fourth-order valence-corrected chi connectivity index (χ4v) is 4.12. The lowest BCUT2D eigenvalue weighted by Crippen LogP contribution is -2.38. The van der Waals surface area contributed by atoms with Gasteiger partial charge in [0.05, 0.1) is 24.9 Å². The lowest BCUT2D eigenvalue weighted by Gasteiger charge is -2.26. The minimum absolute atomic E-state index is 0.0158. The average Bonchev–Trinajstić information content (AvgIpc) is 3.35. The van der Waals surface area contributed by atoms with Crippen molar-refractivity contribution < 1.29 is 14.3 Å². The molecule has 3 heterocycles. The van der Waals surface area contributed by atoms with E-state index in [0.717, 1.165) is 36.8 Å². The van der Waals surface area contributed by atoms with Crippen molar-refractivity contribution in [2.45, 2.75) is 26.3 Å². The molecule has 0 saturated carbocycles. The van der Waals surface area contributed by atoms with Gasteiger partial charge < -0.3 is 24.7 Å². The van der Waals surface area contributed by atoms with Gasteiger partial charge in [0.15, 0.2) is 6.61 Å². The van der Waals surface area contributed by atoms with Gasteiger partial charge in [-0.25, -0.2) is 0 Å². The number of hydrogen-bond acceptors (Lipinski definition) is 7. The molecule has 1 atom stereocenters. The van der Waals surface area contributed by atoms with Crippen LogP contribution in [0.4, 0.5) is 5.82 Å². The molecule has 1 aliphatic heterocycles.